The fourth-order valence-corrected chi connectivity index (χ4v) is 4.27. The van der Waals surface area contributed by atoms with Gasteiger partial charge in [0.05, 0.1) is 19.3 Å². The van der Waals surface area contributed by atoms with E-state index in [0.717, 1.165) is 48.9 Å². The number of nitrogens with one attached hydrogen (secondary N) is 2. The smallest absolute Gasteiger partial charge is 0.318 e. The molecule has 4 rings (SSSR count). The summed E-state index contributed by atoms with van der Waals surface area (Å²) in [7, 11) is 0. The van der Waals surface area contributed by atoms with Gasteiger partial charge in [-0.05, 0) is 36.8 Å². The minimum Gasteiger partial charge on any atom is -0.391 e. The van der Waals surface area contributed by atoms with Crippen LogP contribution in [0.15, 0.2) is 42.6 Å². The van der Waals surface area contributed by atoms with Crippen LogP contribution in [0.1, 0.15) is 6.92 Å². The highest BCUT2D eigenvalue weighted by Crippen LogP contribution is 2.25. The summed E-state index contributed by atoms with van der Waals surface area (Å²) in [5.41, 5.74) is 4.66. The van der Waals surface area contributed by atoms with Crippen LogP contribution in [0.25, 0.3) is 11.1 Å². The van der Waals surface area contributed by atoms with Crippen molar-refractivity contribution in [3.8, 4) is 11.1 Å². The molecule has 11 heteroatoms. The maximum atomic E-state index is 12.5. The van der Waals surface area contributed by atoms with Gasteiger partial charge in [0.25, 0.3) is 5.91 Å². The molecule has 0 bridgehead atoms. The number of pyridine rings is 1. The fourth-order valence-electron chi connectivity index (χ4n) is 4.27. The van der Waals surface area contributed by atoms with Crippen molar-refractivity contribution in [3.05, 3.63) is 42.6 Å². The summed E-state index contributed by atoms with van der Waals surface area (Å²) in [6.07, 6.45) is 0.756. The molecular formula is C24H32N6O5. The molecule has 0 radical (unpaired) electrons. The molecule has 2 atom stereocenters. The van der Waals surface area contributed by atoms with Crippen molar-refractivity contribution in [2.24, 2.45) is 0 Å². The molecule has 3 amide bonds. The zero-order valence-corrected chi connectivity index (χ0v) is 19.8. The summed E-state index contributed by atoms with van der Waals surface area (Å²) < 4.78 is 5.40. The summed E-state index contributed by atoms with van der Waals surface area (Å²) in [4.78, 5) is 34.8. The summed E-state index contributed by atoms with van der Waals surface area (Å²) in [6, 6.07) is 10.7. The van der Waals surface area contributed by atoms with Crippen LogP contribution in [0, 0.1) is 0 Å². The Labute approximate surface area is 204 Å². The highest BCUT2D eigenvalue weighted by atomic mass is 16.5. The molecule has 2 saturated heterocycles. The monoisotopic (exact) mass is 484 g/mol. The molecule has 1 aromatic heterocycles. The molecule has 11 nitrogen and oxygen atoms in total. The molecule has 2 aliphatic heterocycles. The van der Waals surface area contributed by atoms with E-state index in [1.165, 1.54) is 12.4 Å². The Hall–Kier alpha value is -3.41. The molecule has 2 fully saturated rings. The number of hydrogen-bond donors (Lipinski definition) is 4. The van der Waals surface area contributed by atoms with Crippen LogP contribution in [-0.2, 0) is 9.53 Å². The van der Waals surface area contributed by atoms with Crippen LogP contribution < -0.4 is 20.6 Å². The van der Waals surface area contributed by atoms with Crippen molar-refractivity contribution in [1.82, 2.24) is 20.7 Å². The Morgan fingerprint density at radius 3 is 2.17 bits per heavy atom. The molecule has 4 N–H and O–H groups in total. The Morgan fingerprint density at radius 1 is 0.943 bits per heavy atom. The van der Waals surface area contributed by atoms with Gasteiger partial charge in [0, 0.05) is 56.7 Å². The molecule has 0 saturated carbocycles. The Balaban J connectivity index is 1.31. The third kappa shape index (κ3) is 5.99. The van der Waals surface area contributed by atoms with Gasteiger partial charge in [0.1, 0.15) is 11.9 Å². The molecule has 2 aliphatic rings. The summed E-state index contributed by atoms with van der Waals surface area (Å²) in [6.45, 7) is 6.74. The van der Waals surface area contributed by atoms with Gasteiger partial charge in [-0.2, -0.15) is 0 Å². The molecule has 35 heavy (non-hydrogen) atoms. The standard InChI is InChI=1S/C24H32N6O5/c1-17(31)22(23(32)27-34)26-24(33)30-10-8-28(9-11-30)20-5-2-18(3-6-20)19-4-7-21(25-16-19)29-12-14-35-15-13-29/h2-7,16-17,22,31,34H,8-15H2,1H3,(H,26,33)(H,27,32)/t17-,22+/m1/s1. The van der Waals surface area contributed by atoms with Gasteiger partial charge in [-0.15, -0.1) is 0 Å². The number of ether oxygens (including phenoxy) is 1. The van der Waals surface area contributed by atoms with E-state index in [0.29, 0.717) is 26.2 Å². The number of anilines is 2. The third-order valence-corrected chi connectivity index (χ3v) is 6.37. The second kappa shape index (κ2) is 11.3. The zero-order chi connectivity index (χ0) is 24.8. The van der Waals surface area contributed by atoms with E-state index in [1.54, 1.807) is 4.90 Å². The molecule has 0 aliphatic carbocycles. The molecule has 2 aromatic rings. The van der Waals surface area contributed by atoms with Gasteiger partial charge in [0.2, 0.25) is 0 Å². The quantitative estimate of drug-likeness (QED) is 0.348. The van der Waals surface area contributed by atoms with Crippen LogP contribution >= 0.6 is 0 Å². The number of urea groups is 1. The number of morpholine rings is 1. The van der Waals surface area contributed by atoms with E-state index in [4.69, 9.17) is 9.94 Å². The lowest BCUT2D eigenvalue weighted by atomic mass is 10.1. The number of aliphatic hydroxyl groups excluding tert-OH is 1. The normalized spacial score (nSPS) is 18.1. The number of piperazine rings is 1. The largest absolute Gasteiger partial charge is 0.391 e. The lowest BCUT2D eigenvalue weighted by molar-refractivity contribution is -0.133. The molecule has 3 heterocycles. The number of carbonyl (C=O) groups excluding carboxylic acids is 2. The van der Waals surface area contributed by atoms with Crippen molar-refractivity contribution in [1.29, 1.82) is 0 Å². The second-order valence-corrected chi connectivity index (χ2v) is 8.67. The molecule has 0 unspecified atom stereocenters. The van der Waals surface area contributed by atoms with Gasteiger partial charge in [-0.3, -0.25) is 10.0 Å². The van der Waals surface area contributed by atoms with Gasteiger partial charge >= 0.3 is 6.03 Å². The number of amides is 3. The van der Waals surface area contributed by atoms with Crippen molar-refractivity contribution >= 4 is 23.4 Å². The van der Waals surface area contributed by atoms with Crippen LogP contribution in [0.3, 0.4) is 0 Å². The number of carbonyl (C=O) groups is 2. The summed E-state index contributed by atoms with van der Waals surface area (Å²) >= 11 is 0. The highest BCUT2D eigenvalue weighted by molar-refractivity contribution is 5.87. The van der Waals surface area contributed by atoms with Crippen LogP contribution in [0.5, 0.6) is 0 Å². The first-order valence-corrected chi connectivity index (χ1v) is 11.8. The van der Waals surface area contributed by atoms with E-state index < -0.39 is 24.1 Å². The first-order valence-electron chi connectivity index (χ1n) is 11.8. The lowest BCUT2D eigenvalue weighted by Crippen LogP contribution is -2.58. The zero-order valence-electron chi connectivity index (χ0n) is 19.8. The van der Waals surface area contributed by atoms with Gasteiger partial charge < -0.3 is 29.9 Å². The van der Waals surface area contributed by atoms with Crippen molar-refractivity contribution in [2.45, 2.75) is 19.1 Å². The van der Waals surface area contributed by atoms with Crippen LogP contribution in [0.2, 0.25) is 0 Å². The topological polar surface area (TPSA) is 130 Å². The Bertz CT molecular complexity index is 986. The SMILES string of the molecule is C[C@@H](O)[C@H](NC(=O)N1CCN(c2ccc(-c3ccc(N4CCOCC4)nc3)cc2)CC1)C(=O)NO. The van der Waals surface area contributed by atoms with Crippen molar-refractivity contribution in [2.75, 3.05) is 62.3 Å². The van der Waals surface area contributed by atoms with E-state index in [-0.39, 0.29) is 0 Å². The fraction of sp³-hybridized carbons (Fsp3) is 0.458. The minimum absolute atomic E-state index is 0.456. The number of rotatable bonds is 6. The van der Waals surface area contributed by atoms with Crippen molar-refractivity contribution in [3.63, 3.8) is 0 Å². The number of hydrogen-bond acceptors (Lipinski definition) is 8. The van der Waals surface area contributed by atoms with Gasteiger partial charge in [-0.25, -0.2) is 15.3 Å². The van der Waals surface area contributed by atoms with E-state index >= 15 is 0 Å². The highest BCUT2D eigenvalue weighted by Gasteiger charge is 2.29. The van der Waals surface area contributed by atoms with Crippen LogP contribution in [0.4, 0.5) is 16.3 Å². The third-order valence-electron chi connectivity index (χ3n) is 6.37. The number of aliphatic hydroxyl groups is 1. The first kappa shape index (κ1) is 24.7. The number of hydroxylamine groups is 1. The Morgan fingerprint density at radius 2 is 1.60 bits per heavy atom. The average Bonchev–Trinajstić information content (AvgIpc) is 2.92. The maximum absolute atomic E-state index is 12.5. The van der Waals surface area contributed by atoms with Crippen LogP contribution in [-0.4, -0.2) is 96.8 Å². The molecule has 1 aromatic carbocycles. The average molecular weight is 485 g/mol. The first-order chi connectivity index (χ1) is 17.0. The maximum Gasteiger partial charge on any atom is 0.318 e. The summed E-state index contributed by atoms with van der Waals surface area (Å²) in [5.74, 6) is 0.102. The van der Waals surface area contributed by atoms with Gasteiger partial charge in [-0.1, -0.05) is 12.1 Å². The predicted molar refractivity (Wildman–Crippen MR) is 130 cm³/mol. The minimum atomic E-state index is -1.23. The molecule has 0 spiro atoms. The second-order valence-electron chi connectivity index (χ2n) is 8.67. The van der Waals surface area contributed by atoms with E-state index in [9.17, 15) is 14.7 Å². The molecular weight excluding hydrogens is 452 g/mol. The lowest BCUT2D eigenvalue weighted by Gasteiger charge is -2.36. The Kier molecular flexibility index (Phi) is 8.01. The number of benzene rings is 1. The van der Waals surface area contributed by atoms with Crippen molar-refractivity contribution < 1.29 is 24.6 Å². The molecule has 188 valence electrons. The number of nitrogens with zero attached hydrogens (tertiary/aromatic N) is 4. The number of aromatic nitrogens is 1. The van der Waals surface area contributed by atoms with Gasteiger partial charge in [0.15, 0.2) is 0 Å². The van der Waals surface area contributed by atoms with E-state index in [1.807, 2.05) is 12.3 Å². The predicted octanol–water partition coefficient (Wildman–Crippen LogP) is 0.672. The van der Waals surface area contributed by atoms with E-state index in [2.05, 4.69) is 50.4 Å². The summed E-state index contributed by atoms with van der Waals surface area (Å²) in [5, 5.41) is 21.0.